The van der Waals surface area contributed by atoms with Crippen molar-refractivity contribution in [1.29, 1.82) is 0 Å². The smallest absolute Gasteiger partial charge is 0.338 e. The third-order valence-corrected chi connectivity index (χ3v) is 3.79. The maximum absolute atomic E-state index is 12.4. The Bertz CT molecular complexity index is 712. The average molecular weight is 331 g/mol. The number of anilines is 1. The van der Waals surface area contributed by atoms with Crippen LogP contribution in [0.4, 0.5) is 10.5 Å². The first-order valence-corrected chi connectivity index (χ1v) is 7.64. The summed E-state index contributed by atoms with van der Waals surface area (Å²) in [5.74, 6) is -0.673. The van der Waals surface area contributed by atoms with E-state index < -0.39 is 12.0 Å². The minimum atomic E-state index is -0.638. The standard InChI is InChI=1S/C17H21N3O4/c1-5-24-16(22)14-10(2)20(4)17(23)19-15(14)12-7-6-8-13(9-12)18-11(3)21/h6-9,15H,5H2,1-4H3,(H,18,21)(H,19,23)/t15-/m1/s1. The van der Waals surface area contributed by atoms with Crippen LogP contribution in [-0.4, -0.2) is 36.5 Å². The number of ether oxygens (including phenoxy) is 1. The number of nitrogens with zero attached hydrogens (tertiary/aromatic N) is 1. The van der Waals surface area contributed by atoms with Crippen molar-refractivity contribution < 1.29 is 19.1 Å². The molecule has 0 saturated heterocycles. The number of carbonyl (C=O) groups is 3. The number of nitrogens with one attached hydrogen (secondary N) is 2. The van der Waals surface area contributed by atoms with Crippen LogP contribution >= 0.6 is 0 Å². The van der Waals surface area contributed by atoms with Crippen molar-refractivity contribution in [2.45, 2.75) is 26.8 Å². The second kappa shape index (κ2) is 7.16. The van der Waals surface area contributed by atoms with Gasteiger partial charge in [0.2, 0.25) is 5.91 Å². The highest BCUT2D eigenvalue weighted by atomic mass is 16.5. The van der Waals surface area contributed by atoms with Gasteiger partial charge in [-0.3, -0.25) is 4.79 Å². The molecule has 0 bridgehead atoms. The molecule has 0 radical (unpaired) electrons. The zero-order chi connectivity index (χ0) is 17.9. The van der Waals surface area contributed by atoms with Crippen molar-refractivity contribution >= 4 is 23.6 Å². The number of carbonyl (C=O) groups excluding carboxylic acids is 3. The number of allylic oxidation sites excluding steroid dienone is 1. The van der Waals surface area contributed by atoms with Crippen LogP contribution < -0.4 is 10.6 Å². The highest BCUT2D eigenvalue weighted by Crippen LogP contribution is 2.31. The first kappa shape index (κ1) is 17.5. The molecular formula is C17H21N3O4. The molecule has 1 atom stereocenters. The third kappa shape index (κ3) is 3.56. The lowest BCUT2D eigenvalue weighted by Crippen LogP contribution is -2.46. The molecule has 0 fully saturated rings. The molecule has 0 aliphatic carbocycles. The molecule has 1 aromatic rings. The summed E-state index contributed by atoms with van der Waals surface area (Å²) >= 11 is 0. The first-order valence-electron chi connectivity index (χ1n) is 7.64. The van der Waals surface area contributed by atoms with E-state index in [2.05, 4.69) is 10.6 Å². The minimum Gasteiger partial charge on any atom is -0.463 e. The largest absolute Gasteiger partial charge is 0.463 e. The van der Waals surface area contributed by atoms with Crippen molar-refractivity contribution in [1.82, 2.24) is 10.2 Å². The number of rotatable bonds is 4. The fraction of sp³-hybridized carbons (Fsp3) is 0.353. The van der Waals surface area contributed by atoms with Crippen molar-refractivity contribution in [3.63, 3.8) is 0 Å². The van der Waals surface area contributed by atoms with E-state index in [-0.39, 0.29) is 18.5 Å². The first-order chi connectivity index (χ1) is 11.3. The fourth-order valence-electron chi connectivity index (χ4n) is 2.56. The molecule has 1 heterocycles. The zero-order valence-electron chi connectivity index (χ0n) is 14.2. The van der Waals surface area contributed by atoms with Gasteiger partial charge < -0.3 is 20.3 Å². The fourth-order valence-corrected chi connectivity index (χ4v) is 2.56. The van der Waals surface area contributed by atoms with Crippen molar-refractivity contribution in [3.05, 3.63) is 41.1 Å². The van der Waals surface area contributed by atoms with Gasteiger partial charge in [0.15, 0.2) is 0 Å². The Kier molecular flexibility index (Phi) is 5.23. The number of amides is 3. The Morgan fingerprint density at radius 3 is 2.71 bits per heavy atom. The van der Waals surface area contributed by atoms with Crippen LogP contribution in [0.1, 0.15) is 32.4 Å². The molecule has 0 unspecified atom stereocenters. The summed E-state index contributed by atoms with van der Waals surface area (Å²) in [5.41, 5.74) is 2.19. The van der Waals surface area contributed by atoms with E-state index >= 15 is 0 Å². The van der Waals surface area contributed by atoms with Gasteiger partial charge in [-0.05, 0) is 31.5 Å². The molecular weight excluding hydrogens is 310 g/mol. The van der Waals surface area contributed by atoms with Gasteiger partial charge in [-0.25, -0.2) is 9.59 Å². The molecule has 0 spiro atoms. The van der Waals surface area contributed by atoms with E-state index in [1.165, 1.54) is 11.8 Å². The predicted molar refractivity (Wildman–Crippen MR) is 89.1 cm³/mol. The van der Waals surface area contributed by atoms with E-state index in [0.29, 0.717) is 22.5 Å². The molecule has 0 aromatic heterocycles. The molecule has 3 amide bonds. The molecule has 128 valence electrons. The Morgan fingerprint density at radius 1 is 1.38 bits per heavy atom. The van der Waals surface area contributed by atoms with Crippen LogP contribution in [-0.2, 0) is 14.3 Å². The molecule has 7 nitrogen and oxygen atoms in total. The van der Waals surface area contributed by atoms with Crippen LogP contribution in [0.3, 0.4) is 0 Å². The molecule has 24 heavy (non-hydrogen) atoms. The molecule has 2 N–H and O–H groups in total. The Morgan fingerprint density at radius 2 is 2.08 bits per heavy atom. The van der Waals surface area contributed by atoms with Crippen molar-refractivity contribution in [2.75, 3.05) is 19.0 Å². The number of benzene rings is 1. The Hall–Kier alpha value is -2.83. The number of esters is 1. The van der Waals surface area contributed by atoms with E-state index in [9.17, 15) is 14.4 Å². The number of hydrogen-bond donors (Lipinski definition) is 2. The van der Waals surface area contributed by atoms with Gasteiger partial charge in [0.25, 0.3) is 0 Å². The number of urea groups is 1. The highest BCUT2D eigenvalue weighted by molar-refractivity contribution is 5.95. The Labute approximate surface area is 140 Å². The molecule has 2 rings (SSSR count). The zero-order valence-corrected chi connectivity index (χ0v) is 14.2. The minimum absolute atomic E-state index is 0.197. The monoisotopic (exact) mass is 331 g/mol. The van der Waals surface area contributed by atoms with E-state index in [1.807, 2.05) is 0 Å². The third-order valence-electron chi connectivity index (χ3n) is 3.79. The van der Waals surface area contributed by atoms with Crippen molar-refractivity contribution in [2.24, 2.45) is 0 Å². The van der Waals surface area contributed by atoms with Gasteiger partial charge >= 0.3 is 12.0 Å². The lowest BCUT2D eigenvalue weighted by molar-refractivity contribution is -0.139. The Balaban J connectivity index is 2.47. The van der Waals surface area contributed by atoms with Crippen LogP contribution in [0.2, 0.25) is 0 Å². The summed E-state index contributed by atoms with van der Waals surface area (Å²) in [4.78, 5) is 37.1. The van der Waals surface area contributed by atoms with Crippen LogP contribution in [0.5, 0.6) is 0 Å². The van der Waals surface area contributed by atoms with E-state index in [0.717, 1.165) is 0 Å². The van der Waals surface area contributed by atoms with Gasteiger partial charge in [-0.2, -0.15) is 0 Å². The predicted octanol–water partition coefficient (Wildman–Crippen LogP) is 2.18. The second-order valence-electron chi connectivity index (χ2n) is 5.47. The van der Waals surface area contributed by atoms with Crippen LogP contribution in [0.25, 0.3) is 0 Å². The summed E-state index contributed by atoms with van der Waals surface area (Å²) in [6.45, 7) is 5.09. The van der Waals surface area contributed by atoms with Gasteiger partial charge in [0.05, 0.1) is 18.2 Å². The quantitative estimate of drug-likeness (QED) is 0.828. The SMILES string of the molecule is CCOC(=O)C1=C(C)N(C)C(=O)N[C@@H]1c1cccc(NC(C)=O)c1. The van der Waals surface area contributed by atoms with Gasteiger partial charge in [-0.15, -0.1) is 0 Å². The average Bonchev–Trinajstić information content (AvgIpc) is 2.52. The second-order valence-corrected chi connectivity index (χ2v) is 5.47. The maximum Gasteiger partial charge on any atom is 0.338 e. The summed E-state index contributed by atoms with van der Waals surface area (Å²) in [6, 6.07) is 6.06. The van der Waals surface area contributed by atoms with Crippen LogP contribution in [0.15, 0.2) is 35.5 Å². The van der Waals surface area contributed by atoms with Gasteiger partial charge in [-0.1, -0.05) is 12.1 Å². The molecule has 1 aromatic carbocycles. The highest BCUT2D eigenvalue weighted by Gasteiger charge is 2.34. The van der Waals surface area contributed by atoms with Crippen LogP contribution in [0, 0.1) is 0 Å². The summed E-state index contributed by atoms with van der Waals surface area (Å²) in [5, 5.41) is 5.49. The summed E-state index contributed by atoms with van der Waals surface area (Å²) < 4.78 is 5.14. The topological polar surface area (TPSA) is 87.7 Å². The molecule has 7 heteroatoms. The number of hydrogen-bond acceptors (Lipinski definition) is 4. The van der Waals surface area contributed by atoms with E-state index in [1.54, 1.807) is 45.2 Å². The summed E-state index contributed by atoms with van der Waals surface area (Å²) in [6.07, 6.45) is 0. The lowest BCUT2D eigenvalue weighted by Gasteiger charge is -2.33. The normalized spacial score (nSPS) is 17.4. The van der Waals surface area contributed by atoms with E-state index in [4.69, 9.17) is 4.74 Å². The molecule has 1 aliphatic heterocycles. The van der Waals surface area contributed by atoms with Gasteiger partial charge in [0, 0.05) is 25.4 Å². The van der Waals surface area contributed by atoms with Crippen molar-refractivity contribution in [3.8, 4) is 0 Å². The lowest BCUT2D eigenvalue weighted by atomic mass is 9.94. The van der Waals surface area contributed by atoms with Gasteiger partial charge in [0.1, 0.15) is 0 Å². The molecule has 0 saturated carbocycles. The molecule has 1 aliphatic rings. The maximum atomic E-state index is 12.4. The summed E-state index contributed by atoms with van der Waals surface area (Å²) in [7, 11) is 1.59.